The first-order chi connectivity index (χ1) is 5.20. The van der Waals surface area contributed by atoms with Gasteiger partial charge in [0.05, 0.1) is 0 Å². The Bertz CT molecular complexity index is 187. The number of carbonyl (C=O) groups excluding carboxylic acids is 1. The Labute approximate surface area is 66.4 Å². The predicted octanol–water partition coefficient (Wildman–Crippen LogP) is 1.02. The molecule has 0 aromatic rings. The van der Waals surface area contributed by atoms with E-state index in [-0.39, 0.29) is 5.97 Å². The first-order valence-corrected chi connectivity index (χ1v) is 3.82. The van der Waals surface area contributed by atoms with Crippen LogP contribution in [0.3, 0.4) is 0 Å². The molecule has 0 saturated heterocycles. The molecule has 1 aliphatic rings. The molecule has 1 N–H and O–H groups in total. The number of esters is 1. The molecule has 1 rings (SSSR count). The summed E-state index contributed by atoms with van der Waals surface area (Å²) < 4.78 is 4.96. The normalized spacial score (nSPS) is 23.5. The third-order valence-corrected chi connectivity index (χ3v) is 1.71. The molecule has 11 heavy (non-hydrogen) atoms. The molecule has 3 heteroatoms. The number of ether oxygens (including phenoxy) is 1. The lowest BCUT2D eigenvalue weighted by atomic mass is 10.0. The van der Waals surface area contributed by atoms with Crippen molar-refractivity contribution in [3.63, 3.8) is 0 Å². The monoisotopic (exact) mass is 155 g/mol. The van der Waals surface area contributed by atoms with E-state index >= 15 is 0 Å². The molecule has 0 aliphatic carbocycles. The zero-order valence-electron chi connectivity index (χ0n) is 6.89. The largest absolute Gasteiger partial charge is 0.429 e. The van der Waals surface area contributed by atoms with E-state index < -0.39 is 0 Å². The molecule has 0 aromatic heterocycles. The van der Waals surface area contributed by atoms with Crippen molar-refractivity contribution in [2.75, 3.05) is 6.54 Å². The van der Waals surface area contributed by atoms with Gasteiger partial charge in [-0.05, 0) is 6.42 Å². The van der Waals surface area contributed by atoms with Gasteiger partial charge in [-0.25, -0.2) is 0 Å². The van der Waals surface area contributed by atoms with Gasteiger partial charge in [0.1, 0.15) is 5.76 Å². The zero-order valence-corrected chi connectivity index (χ0v) is 6.89. The molecular formula is C8H13NO2. The van der Waals surface area contributed by atoms with Crippen LogP contribution in [0.15, 0.2) is 12.0 Å². The molecule has 0 spiro atoms. The molecule has 1 atom stereocenters. The highest BCUT2D eigenvalue weighted by atomic mass is 16.5. The van der Waals surface area contributed by atoms with Crippen molar-refractivity contribution in [2.45, 2.75) is 20.3 Å². The van der Waals surface area contributed by atoms with Crippen molar-refractivity contribution < 1.29 is 9.53 Å². The van der Waals surface area contributed by atoms with E-state index in [4.69, 9.17) is 4.74 Å². The van der Waals surface area contributed by atoms with E-state index in [0.717, 1.165) is 18.7 Å². The molecule has 0 amide bonds. The van der Waals surface area contributed by atoms with Crippen LogP contribution in [0.4, 0.5) is 0 Å². The Balaban J connectivity index is 2.53. The van der Waals surface area contributed by atoms with Gasteiger partial charge in [0.15, 0.2) is 0 Å². The second-order valence-electron chi connectivity index (χ2n) is 2.78. The highest BCUT2D eigenvalue weighted by Gasteiger charge is 2.14. The van der Waals surface area contributed by atoms with E-state index in [0.29, 0.717) is 5.92 Å². The molecule has 3 nitrogen and oxygen atoms in total. The summed E-state index contributed by atoms with van der Waals surface area (Å²) >= 11 is 0. The van der Waals surface area contributed by atoms with Crippen molar-refractivity contribution in [3.8, 4) is 0 Å². The predicted molar refractivity (Wildman–Crippen MR) is 41.6 cm³/mol. The summed E-state index contributed by atoms with van der Waals surface area (Å²) in [6.07, 6.45) is 2.80. The fourth-order valence-electron chi connectivity index (χ4n) is 1.05. The highest BCUT2D eigenvalue weighted by molar-refractivity contribution is 5.67. The first-order valence-electron chi connectivity index (χ1n) is 3.82. The van der Waals surface area contributed by atoms with Crippen molar-refractivity contribution in [1.29, 1.82) is 0 Å². The van der Waals surface area contributed by atoms with Crippen molar-refractivity contribution in [3.05, 3.63) is 12.0 Å². The van der Waals surface area contributed by atoms with Gasteiger partial charge in [-0.3, -0.25) is 4.79 Å². The molecule has 1 unspecified atom stereocenters. The minimum Gasteiger partial charge on any atom is -0.429 e. The fourth-order valence-corrected chi connectivity index (χ4v) is 1.05. The average molecular weight is 155 g/mol. The standard InChI is InChI=1S/C8H13NO2/c1-6-3-4-9-5-8(6)11-7(2)10/h5-6,9H,3-4H2,1-2H3. The van der Waals surface area contributed by atoms with Gasteiger partial charge in [0.25, 0.3) is 0 Å². The van der Waals surface area contributed by atoms with Crippen molar-refractivity contribution in [1.82, 2.24) is 5.32 Å². The van der Waals surface area contributed by atoms with Gasteiger partial charge in [-0.1, -0.05) is 6.92 Å². The Morgan fingerprint density at radius 3 is 3.09 bits per heavy atom. The Morgan fingerprint density at radius 2 is 2.55 bits per heavy atom. The van der Waals surface area contributed by atoms with Crippen LogP contribution in [-0.2, 0) is 9.53 Å². The summed E-state index contributed by atoms with van der Waals surface area (Å²) in [6, 6.07) is 0. The second-order valence-corrected chi connectivity index (χ2v) is 2.78. The van der Waals surface area contributed by atoms with Gasteiger partial charge >= 0.3 is 5.97 Å². The maximum Gasteiger partial charge on any atom is 0.307 e. The van der Waals surface area contributed by atoms with E-state index in [1.807, 2.05) is 0 Å². The Hall–Kier alpha value is -0.990. The maximum absolute atomic E-state index is 10.6. The summed E-state index contributed by atoms with van der Waals surface area (Å²) in [7, 11) is 0. The van der Waals surface area contributed by atoms with Crippen LogP contribution in [-0.4, -0.2) is 12.5 Å². The van der Waals surface area contributed by atoms with Crippen LogP contribution in [0.1, 0.15) is 20.3 Å². The number of hydrogen-bond donors (Lipinski definition) is 1. The van der Waals surface area contributed by atoms with Crippen LogP contribution in [0.25, 0.3) is 0 Å². The fraction of sp³-hybridized carbons (Fsp3) is 0.625. The molecule has 0 saturated carbocycles. The lowest BCUT2D eigenvalue weighted by Gasteiger charge is -2.19. The summed E-state index contributed by atoms with van der Waals surface area (Å²) in [5, 5.41) is 3.03. The van der Waals surface area contributed by atoms with Crippen molar-refractivity contribution >= 4 is 5.97 Å². The molecule has 62 valence electrons. The zero-order chi connectivity index (χ0) is 8.27. The SMILES string of the molecule is CC(=O)OC1=CNCCC1C. The van der Waals surface area contributed by atoms with E-state index in [2.05, 4.69) is 12.2 Å². The topological polar surface area (TPSA) is 38.3 Å². The molecule has 0 aromatic carbocycles. The third-order valence-electron chi connectivity index (χ3n) is 1.71. The summed E-state index contributed by atoms with van der Waals surface area (Å²) in [5.74, 6) is 0.871. The van der Waals surface area contributed by atoms with Crippen LogP contribution < -0.4 is 5.32 Å². The molecule has 0 radical (unpaired) electrons. The summed E-state index contributed by atoms with van der Waals surface area (Å²) in [6.45, 7) is 4.43. The van der Waals surface area contributed by atoms with E-state index in [1.54, 1.807) is 6.20 Å². The maximum atomic E-state index is 10.6. The smallest absolute Gasteiger partial charge is 0.307 e. The summed E-state index contributed by atoms with van der Waals surface area (Å²) in [5.41, 5.74) is 0. The van der Waals surface area contributed by atoms with Crippen LogP contribution in [0.5, 0.6) is 0 Å². The van der Waals surface area contributed by atoms with Crippen LogP contribution in [0, 0.1) is 5.92 Å². The highest BCUT2D eigenvalue weighted by Crippen LogP contribution is 2.17. The third kappa shape index (κ3) is 2.26. The number of nitrogens with one attached hydrogen (secondary N) is 1. The van der Waals surface area contributed by atoms with Gasteiger partial charge < -0.3 is 10.1 Å². The van der Waals surface area contributed by atoms with Crippen LogP contribution >= 0.6 is 0 Å². The number of hydrogen-bond acceptors (Lipinski definition) is 3. The minimum atomic E-state index is -0.244. The number of allylic oxidation sites excluding steroid dienone is 1. The second kappa shape index (κ2) is 3.42. The van der Waals surface area contributed by atoms with E-state index in [9.17, 15) is 4.79 Å². The van der Waals surface area contributed by atoms with E-state index in [1.165, 1.54) is 6.92 Å². The van der Waals surface area contributed by atoms with Gasteiger partial charge in [0.2, 0.25) is 0 Å². The van der Waals surface area contributed by atoms with Gasteiger partial charge in [-0.2, -0.15) is 0 Å². The first kappa shape index (κ1) is 8.11. The van der Waals surface area contributed by atoms with Gasteiger partial charge in [-0.15, -0.1) is 0 Å². The molecular weight excluding hydrogens is 142 g/mol. The molecule has 1 heterocycles. The lowest BCUT2D eigenvalue weighted by Crippen LogP contribution is -2.22. The van der Waals surface area contributed by atoms with Gasteiger partial charge in [0, 0.05) is 25.6 Å². The summed E-state index contributed by atoms with van der Waals surface area (Å²) in [4.78, 5) is 10.6. The Morgan fingerprint density at radius 1 is 1.82 bits per heavy atom. The quantitative estimate of drug-likeness (QED) is 0.574. The average Bonchev–Trinajstić information content (AvgIpc) is 1.93. The van der Waals surface area contributed by atoms with Crippen molar-refractivity contribution in [2.24, 2.45) is 5.92 Å². The molecule has 1 aliphatic heterocycles. The van der Waals surface area contributed by atoms with Crippen LogP contribution in [0.2, 0.25) is 0 Å². The molecule has 0 fully saturated rings. The Kier molecular flexibility index (Phi) is 2.52. The molecule has 0 bridgehead atoms. The minimum absolute atomic E-state index is 0.244. The number of carbonyl (C=O) groups is 1. The number of rotatable bonds is 1. The lowest BCUT2D eigenvalue weighted by molar-refractivity contribution is -0.137.